The minimum Gasteiger partial charge on any atom is -0.491 e. The van der Waals surface area contributed by atoms with E-state index < -0.39 is 6.10 Å². The first-order valence-corrected chi connectivity index (χ1v) is 7.55. The highest BCUT2D eigenvalue weighted by molar-refractivity contribution is 5.27. The van der Waals surface area contributed by atoms with Gasteiger partial charge in [-0.1, -0.05) is 12.1 Å². The molecule has 0 aliphatic rings. The predicted molar refractivity (Wildman–Crippen MR) is 84.3 cm³/mol. The van der Waals surface area contributed by atoms with Gasteiger partial charge in [0.2, 0.25) is 0 Å². The second kappa shape index (κ2) is 10.6. The number of aliphatic hydroxyl groups excluding tert-OH is 2. The maximum absolute atomic E-state index is 9.96. The van der Waals surface area contributed by atoms with Gasteiger partial charge in [-0.25, -0.2) is 0 Å². The summed E-state index contributed by atoms with van der Waals surface area (Å²) in [4.78, 5) is 2.09. The number of nitrogens with two attached hydrogens (primary N) is 1. The zero-order valence-corrected chi connectivity index (χ0v) is 12.9. The Labute approximate surface area is 127 Å². The Morgan fingerprint density at radius 2 is 1.90 bits per heavy atom. The Balaban J connectivity index is 2.18. The smallest absolute Gasteiger partial charge is 0.119 e. The highest BCUT2D eigenvalue weighted by Crippen LogP contribution is 2.12. The molecule has 0 saturated heterocycles. The molecule has 0 aliphatic heterocycles. The number of hydrogen-bond acceptors (Lipinski definition) is 5. The maximum Gasteiger partial charge on any atom is 0.119 e. The first kappa shape index (κ1) is 17.9. The molecule has 4 N–H and O–H groups in total. The quantitative estimate of drug-likeness (QED) is 0.531. The Bertz CT molecular complexity index is 370. The highest BCUT2D eigenvalue weighted by Gasteiger charge is 2.09. The molecule has 1 atom stereocenters. The number of nitrogens with zero attached hydrogens (tertiary/aromatic N) is 1. The van der Waals surface area contributed by atoms with Crippen LogP contribution in [0.2, 0.25) is 0 Å². The fourth-order valence-corrected chi connectivity index (χ4v) is 2.09. The molecule has 0 aromatic heterocycles. The fraction of sp³-hybridized carbons (Fsp3) is 0.625. The van der Waals surface area contributed by atoms with Gasteiger partial charge in [0.15, 0.2) is 0 Å². The Morgan fingerprint density at radius 3 is 2.52 bits per heavy atom. The predicted octanol–water partition coefficient (Wildman–Crippen LogP) is 0.979. The summed E-state index contributed by atoms with van der Waals surface area (Å²) in [6, 6.07) is 7.59. The number of aliphatic hydroxyl groups is 2. The molecule has 1 aromatic carbocycles. The van der Waals surface area contributed by atoms with Gasteiger partial charge in [-0.15, -0.1) is 0 Å². The molecule has 0 aliphatic carbocycles. The molecule has 0 amide bonds. The minimum atomic E-state index is -0.512. The van der Waals surface area contributed by atoms with E-state index in [4.69, 9.17) is 15.6 Å². The highest BCUT2D eigenvalue weighted by atomic mass is 16.5. The van der Waals surface area contributed by atoms with E-state index >= 15 is 0 Å². The maximum atomic E-state index is 9.96. The number of ether oxygens (including phenoxy) is 1. The van der Waals surface area contributed by atoms with E-state index in [1.165, 1.54) is 0 Å². The lowest BCUT2D eigenvalue weighted by molar-refractivity contribution is 0.0757. The van der Waals surface area contributed by atoms with E-state index in [1.54, 1.807) is 0 Å². The van der Waals surface area contributed by atoms with E-state index in [0.29, 0.717) is 13.1 Å². The van der Waals surface area contributed by atoms with Crippen molar-refractivity contribution in [2.45, 2.75) is 31.9 Å². The van der Waals surface area contributed by atoms with Crippen molar-refractivity contribution < 1.29 is 14.9 Å². The molecule has 5 heteroatoms. The van der Waals surface area contributed by atoms with Crippen LogP contribution in [0.5, 0.6) is 5.75 Å². The molecule has 0 spiro atoms. The lowest BCUT2D eigenvalue weighted by Gasteiger charge is -2.20. The second-order valence-corrected chi connectivity index (χ2v) is 5.36. The summed E-state index contributed by atoms with van der Waals surface area (Å²) < 4.78 is 5.56. The third-order valence-corrected chi connectivity index (χ3v) is 3.32. The summed E-state index contributed by atoms with van der Waals surface area (Å²) in [6.07, 6.45) is 2.38. The van der Waals surface area contributed by atoms with Crippen LogP contribution in [0, 0.1) is 0 Å². The van der Waals surface area contributed by atoms with Gasteiger partial charge in [0.05, 0.1) is 0 Å². The monoisotopic (exact) mass is 296 g/mol. The third-order valence-electron chi connectivity index (χ3n) is 3.32. The second-order valence-electron chi connectivity index (χ2n) is 5.36. The molecule has 120 valence electrons. The zero-order valence-electron chi connectivity index (χ0n) is 12.9. The summed E-state index contributed by atoms with van der Waals surface area (Å²) in [5.74, 6) is 0.747. The molecule has 1 rings (SSSR count). The topological polar surface area (TPSA) is 79.0 Å². The van der Waals surface area contributed by atoms with Gasteiger partial charge in [0.25, 0.3) is 0 Å². The van der Waals surface area contributed by atoms with Crippen molar-refractivity contribution >= 4 is 0 Å². The van der Waals surface area contributed by atoms with E-state index in [1.807, 2.05) is 31.3 Å². The normalized spacial score (nSPS) is 12.6. The van der Waals surface area contributed by atoms with Gasteiger partial charge in [-0.05, 0) is 50.6 Å². The minimum absolute atomic E-state index is 0.253. The summed E-state index contributed by atoms with van der Waals surface area (Å²) in [6.45, 7) is 2.55. The Kier molecular flexibility index (Phi) is 9.01. The van der Waals surface area contributed by atoms with Gasteiger partial charge in [0, 0.05) is 19.7 Å². The molecular weight excluding hydrogens is 268 g/mol. The van der Waals surface area contributed by atoms with Gasteiger partial charge < -0.3 is 25.6 Å². The molecule has 1 unspecified atom stereocenters. The lowest BCUT2D eigenvalue weighted by Crippen LogP contribution is -2.33. The summed E-state index contributed by atoms with van der Waals surface area (Å²) in [7, 11) is 1.98. The van der Waals surface area contributed by atoms with Crippen molar-refractivity contribution in [2.75, 3.05) is 33.4 Å². The fourth-order valence-electron chi connectivity index (χ4n) is 2.09. The third kappa shape index (κ3) is 8.02. The molecule has 21 heavy (non-hydrogen) atoms. The first-order chi connectivity index (χ1) is 10.2. The number of rotatable bonds is 11. The Morgan fingerprint density at radius 1 is 1.19 bits per heavy atom. The first-order valence-electron chi connectivity index (χ1n) is 7.55. The van der Waals surface area contributed by atoms with Crippen LogP contribution in [-0.4, -0.2) is 54.6 Å². The SMILES string of the molecule is CN(CCCCCO)CC(O)COc1ccc(CN)cc1. The van der Waals surface area contributed by atoms with Crippen molar-refractivity contribution in [1.29, 1.82) is 0 Å². The average Bonchev–Trinajstić information content (AvgIpc) is 2.50. The van der Waals surface area contributed by atoms with Crippen LogP contribution in [0.4, 0.5) is 0 Å². The molecule has 1 aromatic rings. The number of likely N-dealkylation sites (N-methyl/N-ethyl adjacent to an activating group) is 1. The molecule has 0 saturated carbocycles. The van der Waals surface area contributed by atoms with Crippen LogP contribution >= 0.6 is 0 Å². The Hall–Kier alpha value is -1.14. The van der Waals surface area contributed by atoms with Gasteiger partial charge in [-0.3, -0.25) is 0 Å². The van der Waals surface area contributed by atoms with Crippen LogP contribution in [0.15, 0.2) is 24.3 Å². The van der Waals surface area contributed by atoms with Crippen molar-refractivity contribution in [3.63, 3.8) is 0 Å². The van der Waals surface area contributed by atoms with Crippen LogP contribution in [-0.2, 0) is 6.54 Å². The van der Waals surface area contributed by atoms with Gasteiger partial charge in [0.1, 0.15) is 18.5 Å². The van der Waals surface area contributed by atoms with Crippen LogP contribution in [0.25, 0.3) is 0 Å². The van der Waals surface area contributed by atoms with Crippen LogP contribution in [0.3, 0.4) is 0 Å². The van der Waals surface area contributed by atoms with E-state index in [0.717, 1.165) is 37.1 Å². The summed E-state index contributed by atoms with van der Waals surface area (Å²) >= 11 is 0. The largest absolute Gasteiger partial charge is 0.491 e. The summed E-state index contributed by atoms with van der Waals surface area (Å²) in [5, 5.41) is 18.7. The molecule has 5 nitrogen and oxygen atoms in total. The van der Waals surface area contributed by atoms with Gasteiger partial charge in [-0.2, -0.15) is 0 Å². The number of unbranched alkanes of at least 4 members (excludes halogenated alkanes) is 2. The summed E-state index contributed by atoms with van der Waals surface area (Å²) in [5.41, 5.74) is 6.60. The molecule has 0 fully saturated rings. The molecule has 0 radical (unpaired) electrons. The van der Waals surface area contributed by atoms with Crippen molar-refractivity contribution in [2.24, 2.45) is 5.73 Å². The van der Waals surface area contributed by atoms with Crippen molar-refractivity contribution in [3.05, 3.63) is 29.8 Å². The van der Waals surface area contributed by atoms with Gasteiger partial charge >= 0.3 is 0 Å². The van der Waals surface area contributed by atoms with E-state index in [2.05, 4.69) is 4.90 Å². The average molecular weight is 296 g/mol. The standard InChI is InChI=1S/C16H28N2O3/c1-18(9-3-2-4-10-19)12-15(20)13-21-16-7-5-14(11-17)6-8-16/h5-8,15,19-20H,2-4,9-13,17H2,1H3. The van der Waals surface area contributed by atoms with Crippen LogP contribution < -0.4 is 10.5 Å². The van der Waals surface area contributed by atoms with E-state index in [-0.39, 0.29) is 13.2 Å². The molecule has 0 heterocycles. The zero-order chi connectivity index (χ0) is 15.5. The molecular formula is C16H28N2O3. The number of hydrogen-bond donors (Lipinski definition) is 3. The lowest BCUT2D eigenvalue weighted by atomic mass is 10.2. The van der Waals surface area contributed by atoms with Crippen LogP contribution in [0.1, 0.15) is 24.8 Å². The van der Waals surface area contributed by atoms with E-state index in [9.17, 15) is 5.11 Å². The molecule has 0 bridgehead atoms. The van der Waals surface area contributed by atoms with Crippen molar-refractivity contribution in [3.8, 4) is 5.75 Å². The number of benzene rings is 1. The van der Waals surface area contributed by atoms with Crippen molar-refractivity contribution in [1.82, 2.24) is 4.90 Å².